The number of para-hydroxylation sites is 1. The Morgan fingerprint density at radius 2 is 1.77 bits per heavy atom. The Bertz CT molecular complexity index is 595. The molecule has 116 valence electrons. The van der Waals surface area contributed by atoms with Crippen molar-refractivity contribution in [2.45, 2.75) is 12.2 Å². The average Bonchev–Trinajstić information content (AvgIpc) is 2.56. The SMILES string of the molecule is Fc1cccc(F)c1OC(c1ccccc1)[C@@H]1CNCCO1. The largest absolute Gasteiger partial charge is 0.477 e. The first kappa shape index (κ1) is 14.9. The van der Waals surface area contributed by atoms with E-state index in [1.165, 1.54) is 18.2 Å². The van der Waals surface area contributed by atoms with E-state index in [1.807, 2.05) is 30.3 Å². The average molecular weight is 305 g/mol. The van der Waals surface area contributed by atoms with Crippen LogP contribution in [0.15, 0.2) is 48.5 Å². The molecule has 2 atom stereocenters. The minimum Gasteiger partial charge on any atom is -0.477 e. The fourth-order valence-corrected chi connectivity index (χ4v) is 2.50. The van der Waals surface area contributed by atoms with Gasteiger partial charge in [-0.2, -0.15) is 0 Å². The predicted octanol–water partition coefficient (Wildman–Crippen LogP) is 3.07. The normalized spacial score (nSPS) is 19.6. The maximum absolute atomic E-state index is 13.9. The Kier molecular flexibility index (Phi) is 4.65. The predicted molar refractivity (Wildman–Crippen MR) is 78.8 cm³/mol. The van der Waals surface area contributed by atoms with E-state index in [0.29, 0.717) is 13.2 Å². The Balaban J connectivity index is 1.91. The summed E-state index contributed by atoms with van der Waals surface area (Å²) in [5.41, 5.74) is 0.818. The van der Waals surface area contributed by atoms with Crippen molar-refractivity contribution in [1.29, 1.82) is 0 Å². The summed E-state index contributed by atoms with van der Waals surface area (Å²) in [6.45, 7) is 1.86. The Hall–Kier alpha value is -1.98. The lowest BCUT2D eigenvalue weighted by Crippen LogP contribution is -2.43. The van der Waals surface area contributed by atoms with Crippen LogP contribution in [0.2, 0.25) is 0 Å². The summed E-state index contributed by atoms with van der Waals surface area (Å²) in [7, 11) is 0. The molecule has 1 aliphatic heterocycles. The first-order valence-corrected chi connectivity index (χ1v) is 7.23. The molecule has 3 nitrogen and oxygen atoms in total. The van der Waals surface area contributed by atoms with Crippen molar-refractivity contribution in [3.8, 4) is 5.75 Å². The number of rotatable bonds is 4. The molecule has 1 unspecified atom stereocenters. The molecule has 2 aromatic rings. The van der Waals surface area contributed by atoms with Gasteiger partial charge < -0.3 is 14.8 Å². The first-order chi connectivity index (χ1) is 10.8. The summed E-state index contributed by atoms with van der Waals surface area (Å²) < 4.78 is 39.1. The molecule has 0 bridgehead atoms. The lowest BCUT2D eigenvalue weighted by atomic mass is 10.0. The highest BCUT2D eigenvalue weighted by molar-refractivity contribution is 5.28. The van der Waals surface area contributed by atoms with E-state index in [1.54, 1.807) is 0 Å². The van der Waals surface area contributed by atoms with E-state index in [2.05, 4.69) is 5.32 Å². The number of ether oxygens (including phenoxy) is 2. The minimum atomic E-state index is -0.718. The van der Waals surface area contributed by atoms with Crippen LogP contribution in [-0.4, -0.2) is 25.8 Å². The molecule has 0 amide bonds. The molecule has 0 aromatic heterocycles. The number of benzene rings is 2. The van der Waals surface area contributed by atoms with Crippen LogP contribution < -0.4 is 10.1 Å². The van der Waals surface area contributed by atoms with Crippen molar-refractivity contribution in [3.63, 3.8) is 0 Å². The van der Waals surface area contributed by atoms with Gasteiger partial charge in [-0.15, -0.1) is 0 Å². The van der Waals surface area contributed by atoms with E-state index in [9.17, 15) is 8.78 Å². The second-order valence-electron chi connectivity index (χ2n) is 5.11. The Labute approximate surface area is 127 Å². The summed E-state index contributed by atoms with van der Waals surface area (Å²) in [5.74, 6) is -1.81. The maximum Gasteiger partial charge on any atom is 0.191 e. The molecule has 2 aromatic carbocycles. The third-order valence-corrected chi connectivity index (χ3v) is 3.59. The van der Waals surface area contributed by atoms with Crippen molar-refractivity contribution in [2.75, 3.05) is 19.7 Å². The van der Waals surface area contributed by atoms with Crippen LogP contribution in [0.4, 0.5) is 8.78 Å². The van der Waals surface area contributed by atoms with Crippen molar-refractivity contribution in [3.05, 3.63) is 65.7 Å². The molecule has 0 spiro atoms. The van der Waals surface area contributed by atoms with E-state index in [0.717, 1.165) is 12.1 Å². The zero-order chi connectivity index (χ0) is 15.4. The van der Waals surface area contributed by atoms with Gasteiger partial charge in [-0.05, 0) is 17.7 Å². The van der Waals surface area contributed by atoms with E-state index < -0.39 is 17.7 Å². The number of nitrogens with one attached hydrogen (secondary N) is 1. The maximum atomic E-state index is 13.9. The molecule has 5 heteroatoms. The van der Waals surface area contributed by atoms with Crippen LogP contribution in [-0.2, 0) is 4.74 Å². The highest BCUT2D eigenvalue weighted by atomic mass is 19.1. The molecule has 0 saturated carbocycles. The van der Waals surface area contributed by atoms with Gasteiger partial charge in [0.05, 0.1) is 6.61 Å². The molecular formula is C17H17F2NO2. The van der Waals surface area contributed by atoms with Crippen LogP contribution in [0.25, 0.3) is 0 Å². The fraction of sp³-hybridized carbons (Fsp3) is 0.294. The Morgan fingerprint density at radius 1 is 1.05 bits per heavy atom. The fourth-order valence-electron chi connectivity index (χ4n) is 2.50. The molecule has 3 rings (SSSR count). The van der Waals surface area contributed by atoms with Crippen molar-refractivity contribution in [1.82, 2.24) is 5.32 Å². The molecule has 22 heavy (non-hydrogen) atoms. The van der Waals surface area contributed by atoms with Crippen molar-refractivity contribution >= 4 is 0 Å². The van der Waals surface area contributed by atoms with Crippen LogP contribution in [0.5, 0.6) is 5.75 Å². The van der Waals surface area contributed by atoms with Gasteiger partial charge in [-0.3, -0.25) is 0 Å². The van der Waals surface area contributed by atoms with Gasteiger partial charge in [0.15, 0.2) is 23.5 Å². The zero-order valence-electron chi connectivity index (χ0n) is 12.0. The summed E-state index contributed by atoms with van der Waals surface area (Å²) in [6.07, 6.45) is -0.893. The van der Waals surface area contributed by atoms with Crippen LogP contribution >= 0.6 is 0 Å². The first-order valence-electron chi connectivity index (χ1n) is 7.23. The Morgan fingerprint density at radius 3 is 2.41 bits per heavy atom. The van der Waals surface area contributed by atoms with E-state index in [4.69, 9.17) is 9.47 Å². The summed E-state index contributed by atoms with van der Waals surface area (Å²) >= 11 is 0. The minimum absolute atomic E-state index is 0.310. The van der Waals surface area contributed by atoms with Crippen molar-refractivity contribution < 1.29 is 18.3 Å². The highest BCUT2D eigenvalue weighted by Gasteiger charge is 2.29. The summed E-state index contributed by atoms with van der Waals surface area (Å²) in [5, 5.41) is 3.21. The third kappa shape index (κ3) is 3.26. The second-order valence-corrected chi connectivity index (χ2v) is 5.11. The quantitative estimate of drug-likeness (QED) is 0.941. The smallest absolute Gasteiger partial charge is 0.191 e. The van der Waals surface area contributed by atoms with Crippen LogP contribution in [0.1, 0.15) is 11.7 Å². The lowest BCUT2D eigenvalue weighted by molar-refractivity contribution is -0.0453. The second kappa shape index (κ2) is 6.85. The molecule has 1 aliphatic rings. The van der Waals surface area contributed by atoms with Gasteiger partial charge in [-0.25, -0.2) is 8.78 Å². The van der Waals surface area contributed by atoms with Gasteiger partial charge in [0, 0.05) is 13.1 Å². The van der Waals surface area contributed by atoms with Gasteiger partial charge in [0.1, 0.15) is 6.10 Å². The molecule has 1 heterocycles. The molecule has 1 saturated heterocycles. The molecular weight excluding hydrogens is 288 g/mol. The van der Waals surface area contributed by atoms with Crippen LogP contribution in [0.3, 0.4) is 0 Å². The van der Waals surface area contributed by atoms with E-state index >= 15 is 0 Å². The molecule has 0 aliphatic carbocycles. The molecule has 0 radical (unpaired) electrons. The molecule has 1 fully saturated rings. The number of hydrogen-bond acceptors (Lipinski definition) is 3. The monoisotopic (exact) mass is 305 g/mol. The van der Waals surface area contributed by atoms with Crippen molar-refractivity contribution in [2.24, 2.45) is 0 Å². The number of morpholine rings is 1. The van der Waals surface area contributed by atoms with Gasteiger partial charge in [-0.1, -0.05) is 36.4 Å². The summed E-state index contributed by atoms with van der Waals surface area (Å²) in [6, 6.07) is 13.0. The van der Waals surface area contributed by atoms with Gasteiger partial charge >= 0.3 is 0 Å². The highest BCUT2D eigenvalue weighted by Crippen LogP contribution is 2.30. The van der Waals surface area contributed by atoms with Crippen LogP contribution in [0, 0.1) is 11.6 Å². The van der Waals surface area contributed by atoms with Gasteiger partial charge in [0.25, 0.3) is 0 Å². The number of hydrogen-bond donors (Lipinski definition) is 1. The zero-order valence-corrected chi connectivity index (χ0v) is 12.0. The summed E-state index contributed by atoms with van der Waals surface area (Å²) in [4.78, 5) is 0. The number of halogens is 2. The van der Waals surface area contributed by atoms with Gasteiger partial charge in [0.2, 0.25) is 0 Å². The van der Waals surface area contributed by atoms with E-state index in [-0.39, 0.29) is 11.9 Å². The standard InChI is InChI=1S/C17H17F2NO2/c18-13-7-4-8-14(19)17(13)22-16(12-5-2-1-3-6-12)15-11-20-9-10-21-15/h1-8,15-16,20H,9-11H2/t15-,16?/m0/s1. The molecule has 1 N–H and O–H groups in total. The third-order valence-electron chi connectivity index (χ3n) is 3.59. The lowest BCUT2D eigenvalue weighted by Gasteiger charge is -2.31. The topological polar surface area (TPSA) is 30.5 Å².